The summed E-state index contributed by atoms with van der Waals surface area (Å²) in [5.41, 5.74) is 0.740. The topological polar surface area (TPSA) is 112 Å². The predicted molar refractivity (Wildman–Crippen MR) is 116 cm³/mol. The standard InChI is InChI=1S/C18H21F3N2O4.C4H2ClF3O3/c1-11-2-5-14(12-6-7-22-15(8-12)27-13-3-4-13)23(9-11)16(24)17(25)26-10-18(19,20)21;5-2(9)3(10)11-1-4(6,7)8/h6-8,11,13-14H,2-5,9-10H2,1H3;1H2/t11-,14+;/m0./s1. The molecular weight excluding hydrogens is 554 g/mol. The molecule has 1 aliphatic carbocycles. The molecule has 0 radical (unpaired) electrons. The van der Waals surface area contributed by atoms with Crippen molar-refractivity contribution in [2.24, 2.45) is 5.92 Å². The Morgan fingerprint density at radius 1 is 0.974 bits per heavy atom. The number of pyridine rings is 1. The van der Waals surface area contributed by atoms with Crippen LogP contribution in [0.3, 0.4) is 0 Å². The number of aromatic nitrogens is 1. The monoisotopic (exact) mass is 576 g/mol. The van der Waals surface area contributed by atoms with Crippen LogP contribution in [0.25, 0.3) is 0 Å². The maximum atomic E-state index is 12.5. The van der Waals surface area contributed by atoms with Crippen LogP contribution in [0.1, 0.15) is 44.2 Å². The number of nitrogens with zero attached hydrogens (tertiary/aromatic N) is 2. The SMILES string of the molecule is C[C@H]1CC[C@H](c2ccnc(OC3CC3)c2)N(C(=O)C(=O)OCC(F)(F)F)C1.O=C(Cl)C(=O)OCC(F)(F)F. The third-order valence-corrected chi connectivity index (χ3v) is 5.26. The number of amides is 1. The lowest BCUT2D eigenvalue weighted by molar-refractivity contribution is -0.190. The van der Waals surface area contributed by atoms with Gasteiger partial charge < -0.3 is 19.1 Å². The Morgan fingerprint density at radius 3 is 2.08 bits per heavy atom. The second-order valence-corrected chi connectivity index (χ2v) is 8.90. The Balaban J connectivity index is 0.000000391. The van der Waals surface area contributed by atoms with Crippen molar-refractivity contribution in [3.63, 3.8) is 0 Å². The van der Waals surface area contributed by atoms with Crippen LogP contribution in [-0.2, 0) is 28.7 Å². The van der Waals surface area contributed by atoms with Crippen LogP contribution < -0.4 is 4.74 Å². The first-order valence-electron chi connectivity index (χ1n) is 11.2. The highest BCUT2D eigenvalue weighted by Crippen LogP contribution is 2.35. The molecule has 38 heavy (non-hydrogen) atoms. The van der Waals surface area contributed by atoms with Crippen molar-refractivity contribution in [2.45, 2.75) is 57.1 Å². The molecule has 2 atom stereocenters. The second kappa shape index (κ2) is 13.1. The smallest absolute Gasteiger partial charge is 0.422 e. The molecular formula is C22H23ClF6N2O7. The first kappa shape index (κ1) is 31.1. The quantitative estimate of drug-likeness (QED) is 0.217. The molecule has 1 aromatic heterocycles. The fourth-order valence-corrected chi connectivity index (χ4v) is 3.36. The zero-order valence-electron chi connectivity index (χ0n) is 19.8. The van der Waals surface area contributed by atoms with Crippen molar-refractivity contribution < 1.29 is 59.7 Å². The molecule has 0 bridgehead atoms. The van der Waals surface area contributed by atoms with Gasteiger partial charge in [-0.3, -0.25) is 9.59 Å². The van der Waals surface area contributed by atoms with E-state index in [1.165, 1.54) is 4.90 Å². The van der Waals surface area contributed by atoms with Crippen LogP contribution in [0.4, 0.5) is 26.3 Å². The third-order valence-electron chi connectivity index (χ3n) is 5.10. The van der Waals surface area contributed by atoms with Crippen LogP contribution >= 0.6 is 11.6 Å². The molecule has 0 aromatic carbocycles. The summed E-state index contributed by atoms with van der Waals surface area (Å²) in [6, 6.07) is 3.01. The molecule has 1 saturated heterocycles. The van der Waals surface area contributed by atoms with Crippen molar-refractivity contribution >= 4 is 34.7 Å². The maximum Gasteiger partial charge on any atom is 0.422 e. The Morgan fingerprint density at radius 2 is 1.55 bits per heavy atom. The minimum absolute atomic E-state index is 0.129. The summed E-state index contributed by atoms with van der Waals surface area (Å²) in [6.07, 6.45) is -4.22. The number of carbonyl (C=O) groups excluding carboxylic acids is 4. The predicted octanol–water partition coefficient (Wildman–Crippen LogP) is 3.89. The van der Waals surface area contributed by atoms with Crippen LogP contribution in [-0.4, -0.2) is 71.2 Å². The van der Waals surface area contributed by atoms with Crippen molar-refractivity contribution in [1.29, 1.82) is 0 Å². The van der Waals surface area contributed by atoms with E-state index in [9.17, 15) is 45.5 Å². The van der Waals surface area contributed by atoms with E-state index >= 15 is 0 Å². The van der Waals surface area contributed by atoms with Crippen molar-refractivity contribution in [3.8, 4) is 5.88 Å². The fraction of sp³-hybridized carbons (Fsp3) is 0.591. The Hall–Kier alpha value is -3.10. The zero-order valence-corrected chi connectivity index (χ0v) is 20.6. The number of hydrogen-bond acceptors (Lipinski definition) is 8. The molecule has 2 aliphatic rings. The van der Waals surface area contributed by atoms with E-state index in [1.807, 2.05) is 6.92 Å². The van der Waals surface area contributed by atoms with Gasteiger partial charge >= 0.3 is 35.4 Å². The van der Waals surface area contributed by atoms with Gasteiger partial charge in [0.15, 0.2) is 13.2 Å². The first-order chi connectivity index (χ1) is 17.6. The van der Waals surface area contributed by atoms with Crippen molar-refractivity contribution in [2.75, 3.05) is 19.8 Å². The molecule has 3 rings (SSSR count). The highest BCUT2D eigenvalue weighted by atomic mass is 35.5. The van der Waals surface area contributed by atoms with E-state index in [1.54, 1.807) is 18.3 Å². The third kappa shape index (κ3) is 11.1. The highest BCUT2D eigenvalue weighted by molar-refractivity contribution is 6.80. The van der Waals surface area contributed by atoms with E-state index in [0.717, 1.165) is 24.8 Å². The average Bonchev–Trinajstić information content (AvgIpc) is 3.64. The van der Waals surface area contributed by atoms with Gasteiger partial charge in [0, 0.05) is 18.8 Å². The van der Waals surface area contributed by atoms with Gasteiger partial charge in [0.25, 0.3) is 0 Å². The van der Waals surface area contributed by atoms with Crippen LogP contribution in [0.15, 0.2) is 18.3 Å². The van der Waals surface area contributed by atoms with Crippen LogP contribution in [0.5, 0.6) is 5.88 Å². The summed E-state index contributed by atoms with van der Waals surface area (Å²) in [5.74, 6) is -3.68. The zero-order chi connectivity index (χ0) is 28.7. The molecule has 2 heterocycles. The second-order valence-electron chi connectivity index (χ2n) is 8.56. The minimum atomic E-state index is -4.68. The maximum absolute atomic E-state index is 12.5. The van der Waals surface area contributed by atoms with Gasteiger partial charge in [0.05, 0.1) is 6.04 Å². The van der Waals surface area contributed by atoms with Gasteiger partial charge in [-0.1, -0.05) is 6.92 Å². The molecule has 212 valence electrons. The van der Waals surface area contributed by atoms with E-state index in [-0.39, 0.29) is 18.6 Å². The molecule has 0 N–H and O–H groups in total. The average molecular weight is 577 g/mol. The molecule has 1 aromatic rings. The number of halogens is 7. The summed E-state index contributed by atoms with van der Waals surface area (Å²) in [6.45, 7) is -1.39. The van der Waals surface area contributed by atoms with Gasteiger partial charge in [-0.25, -0.2) is 14.6 Å². The normalized spacial score (nSPS) is 19.5. The van der Waals surface area contributed by atoms with Crippen molar-refractivity contribution in [1.82, 2.24) is 9.88 Å². The van der Waals surface area contributed by atoms with Crippen LogP contribution in [0, 0.1) is 5.92 Å². The molecule has 16 heteroatoms. The first-order valence-corrected chi connectivity index (χ1v) is 11.5. The Kier molecular flexibility index (Phi) is 10.7. The molecule has 9 nitrogen and oxygen atoms in total. The Bertz CT molecular complexity index is 1020. The number of hydrogen-bond donors (Lipinski definition) is 0. The summed E-state index contributed by atoms with van der Waals surface area (Å²) < 4.78 is 83.7. The number of ether oxygens (including phenoxy) is 3. The summed E-state index contributed by atoms with van der Waals surface area (Å²) >= 11 is 4.48. The van der Waals surface area contributed by atoms with Gasteiger partial charge in [0.1, 0.15) is 6.10 Å². The number of carbonyl (C=O) groups is 4. The van der Waals surface area contributed by atoms with Gasteiger partial charge in [-0.05, 0) is 54.8 Å². The van der Waals surface area contributed by atoms with Crippen molar-refractivity contribution in [3.05, 3.63) is 23.9 Å². The fourth-order valence-electron chi connectivity index (χ4n) is 3.31. The summed E-state index contributed by atoms with van der Waals surface area (Å²) in [5, 5.41) is -1.57. The van der Waals surface area contributed by atoms with E-state index in [4.69, 9.17) is 4.74 Å². The van der Waals surface area contributed by atoms with Gasteiger partial charge in [-0.2, -0.15) is 26.3 Å². The largest absolute Gasteiger partial charge is 0.474 e. The van der Waals surface area contributed by atoms with E-state index in [2.05, 4.69) is 26.1 Å². The molecule has 2 fully saturated rings. The van der Waals surface area contributed by atoms with E-state index < -0.39 is 54.7 Å². The lowest BCUT2D eigenvalue weighted by Crippen LogP contribution is -2.45. The van der Waals surface area contributed by atoms with Crippen LogP contribution in [0.2, 0.25) is 0 Å². The summed E-state index contributed by atoms with van der Waals surface area (Å²) in [4.78, 5) is 49.5. The van der Waals surface area contributed by atoms with Gasteiger partial charge in [-0.15, -0.1) is 0 Å². The molecule has 0 unspecified atom stereocenters. The molecule has 1 aliphatic heterocycles. The molecule has 1 amide bonds. The summed E-state index contributed by atoms with van der Waals surface area (Å²) in [7, 11) is 0. The van der Waals surface area contributed by atoms with Gasteiger partial charge in [0.2, 0.25) is 5.88 Å². The number of rotatable bonds is 6. The molecule has 0 spiro atoms. The minimum Gasteiger partial charge on any atom is -0.474 e. The number of alkyl halides is 6. The number of piperidine rings is 1. The lowest BCUT2D eigenvalue weighted by atomic mass is 9.90. The molecule has 1 saturated carbocycles. The number of likely N-dealkylation sites (tertiary alicyclic amines) is 1. The van der Waals surface area contributed by atoms with E-state index in [0.29, 0.717) is 12.3 Å². The highest BCUT2D eigenvalue weighted by Gasteiger charge is 2.38. The number of esters is 2. The lowest BCUT2D eigenvalue weighted by Gasteiger charge is -2.38. The Labute approximate surface area is 217 Å².